The molecule has 0 bridgehead atoms. The molecule has 0 amide bonds. The Balaban J connectivity index is 1.88. The van der Waals surface area contributed by atoms with E-state index in [-0.39, 0.29) is 0 Å². The number of nitrogens with two attached hydrogens (primary N) is 1. The molecule has 0 atom stereocenters. The van der Waals surface area contributed by atoms with E-state index >= 15 is 0 Å². The molecule has 0 spiro atoms. The summed E-state index contributed by atoms with van der Waals surface area (Å²) in [5, 5.41) is 0. The molecule has 0 saturated carbocycles. The van der Waals surface area contributed by atoms with Crippen LogP contribution in [0.3, 0.4) is 0 Å². The van der Waals surface area contributed by atoms with Crippen LogP contribution in [0.25, 0.3) is 0 Å². The van der Waals surface area contributed by atoms with Gasteiger partial charge in [0.05, 0.1) is 13.6 Å². The molecule has 2 N–H and O–H groups in total. The molecular formula is C21H44N3+. The third kappa shape index (κ3) is 9.66. The lowest BCUT2D eigenvalue weighted by atomic mass is 10.0. The second-order valence-corrected chi connectivity index (χ2v) is 7.61. The topological polar surface area (TPSA) is 32.3 Å². The van der Waals surface area contributed by atoms with Gasteiger partial charge in [0.2, 0.25) is 5.84 Å². The number of hydrogen-bond donors (Lipinski definition) is 1. The number of unbranched alkanes of at least 4 members (excludes halogenated alkanes) is 12. The van der Waals surface area contributed by atoms with Gasteiger partial charge in [-0.15, -0.1) is 0 Å². The molecule has 1 rings (SSSR count). The second-order valence-electron chi connectivity index (χ2n) is 7.61. The van der Waals surface area contributed by atoms with Crippen LogP contribution in [-0.4, -0.2) is 48.5 Å². The Bertz CT molecular complexity index is 325. The Morgan fingerprint density at radius 2 is 1.33 bits per heavy atom. The van der Waals surface area contributed by atoms with Crippen LogP contribution in [0.15, 0.2) is 0 Å². The van der Waals surface area contributed by atoms with Crippen LogP contribution in [0.4, 0.5) is 0 Å². The fourth-order valence-electron chi connectivity index (χ4n) is 3.82. The Morgan fingerprint density at radius 3 is 1.83 bits per heavy atom. The predicted molar refractivity (Wildman–Crippen MR) is 107 cm³/mol. The van der Waals surface area contributed by atoms with Crippen molar-refractivity contribution in [3.05, 3.63) is 0 Å². The number of amidine groups is 1. The summed E-state index contributed by atoms with van der Waals surface area (Å²) in [6.45, 7) is 6.43. The Hall–Kier alpha value is -0.570. The zero-order chi connectivity index (χ0) is 17.5. The summed E-state index contributed by atoms with van der Waals surface area (Å²) in [7, 11) is 2.23. The van der Waals surface area contributed by atoms with Gasteiger partial charge in [0.1, 0.15) is 13.1 Å². The molecule has 1 aliphatic heterocycles. The van der Waals surface area contributed by atoms with Gasteiger partial charge in [0, 0.05) is 13.0 Å². The third-order valence-corrected chi connectivity index (χ3v) is 5.41. The van der Waals surface area contributed by atoms with Gasteiger partial charge in [-0.2, -0.15) is 0 Å². The number of hydrogen-bond acceptors (Lipinski definition) is 2. The minimum atomic E-state index is 0.774. The molecule has 3 nitrogen and oxygen atoms in total. The monoisotopic (exact) mass is 338 g/mol. The minimum Gasteiger partial charge on any atom is -0.327 e. The Kier molecular flexibility index (Phi) is 13.2. The largest absolute Gasteiger partial charge is 0.327 e. The van der Waals surface area contributed by atoms with Crippen molar-refractivity contribution in [3.63, 3.8) is 0 Å². The van der Waals surface area contributed by atoms with Gasteiger partial charge in [-0.3, -0.25) is 9.48 Å². The SMILES string of the molecule is CCCCCCCCCCCCCCCC1=[N+](C)CCN1CCN. The van der Waals surface area contributed by atoms with E-state index in [2.05, 4.69) is 23.4 Å². The van der Waals surface area contributed by atoms with Crippen LogP contribution in [-0.2, 0) is 0 Å². The maximum atomic E-state index is 5.72. The second kappa shape index (κ2) is 14.7. The fraction of sp³-hybridized carbons (Fsp3) is 0.952. The van der Waals surface area contributed by atoms with Gasteiger partial charge >= 0.3 is 0 Å². The Labute approximate surface area is 151 Å². The molecule has 0 aromatic heterocycles. The van der Waals surface area contributed by atoms with Crippen LogP contribution < -0.4 is 5.73 Å². The molecule has 142 valence electrons. The predicted octanol–water partition coefficient (Wildman–Crippen LogP) is 4.78. The number of rotatable bonds is 16. The lowest BCUT2D eigenvalue weighted by Gasteiger charge is -2.12. The molecule has 1 aliphatic rings. The van der Waals surface area contributed by atoms with E-state index in [0.29, 0.717) is 0 Å². The van der Waals surface area contributed by atoms with Crippen LogP contribution in [0, 0.1) is 0 Å². The van der Waals surface area contributed by atoms with Crippen molar-refractivity contribution in [1.29, 1.82) is 0 Å². The summed E-state index contributed by atoms with van der Waals surface area (Å²) in [6, 6.07) is 0. The van der Waals surface area contributed by atoms with Crippen molar-refractivity contribution in [1.82, 2.24) is 4.90 Å². The number of nitrogens with zero attached hydrogens (tertiary/aromatic N) is 2. The van der Waals surface area contributed by atoms with E-state index in [1.165, 1.54) is 109 Å². The molecule has 1 heterocycles. The molecule has 3 heteroatoms. The molecule has 0 fully saturated rings. The summed E-state index contributed by atoms with van der Waals surface area (Å²) in [5.41, 5.74) is 5.72. The van der Waals surface area contributed by atoms with Crippen molar-refractivity contribution in [2.45, 2.75) is 96.8 Å². The highest BCUT2D eigenvalue weighted by molar-refractivity contribution is 5.78. The first-order chi connectivity index (χ1) is 11.8. The molecule has 0 radical (unpaired) electrons. The van der Waals surface area contributed by atoms with E-state index in [1.54, 1.807) is 0 Å². The van der Waals surface area contributed by atoms with Gasteiger partial charge in [-0.25, -0.2) is 0 Å². The first kappa shape index (κ1) is 21.5. The lowest BCUT2D eigenvalue weighted by molar-refractivity contribution is -0.487. The molecule has 0 unspecified atom stereocenters. The fourth-order valence-corrected chi connectivity index (χ4v) is 3.82. The van der Waals surface area contributed by atoms with Crippen LogP contribution in [0.2, 0.25) is 0 Å². The van der Waals surface area contributed by atoms with Crippen molar-refractivity contribution < 1.29 is 4.58 Å². The molecular weight excluding hydrogens is 294 g/mol. The Morgan fingerprint density at radius 1 is 0.833 bits per heavy atom. The highest BCUT2D eigenvalue weighted by Gasteiger charge is 2.26. The normalized spacial score (nSPS) is 14.9. The van der Waals surface area contributed by atoms with Gasteiger partial charge in [-0.1, -0.05) is 84.0 Å². The smallest absolute Gasteiger partial charge is 0.246 e. The van der Waals surface area contributed by atoms with Crippen LogP contribution in [0.5, 0.6) is 0 Å². The average Bonchev–Trinajstić information content (AvgIpc) is 2.92. The van der Waals surface area contributed by atoms with E-state index in [9.17, 15) is 0 Å². The van der Waals surface area contributed by atoms with Crippen LogP contribution in [0.1, 0.15) is 96.8 Å². The van der Waals surface area contributed by atoms with Gasteiger partial charge in [-0.05, 0) is 6.42 Å². The highest BCUT2D eigenvalue weighted by atomic mass is 15.3. The van der Waals surface area contributed by atoms with Gasteiger partial charge in [0.25, 0.3) is 0 Å². The summed E-state index contributed by atoms with van der Waals surface area (Å²) < 4.78 is 2.43. The van der Waals surface area contributed by atoms with Gasteiger partial charge in [0.15, 0.2) is 0 Å². The first-order valence-corrected chi connectivity index (χ1v) is 10.8. The summed E-state index contributed by atoms with van der Waals surface area (Å²) >= 11 is 0. The standard InChI is InChI=1S/C21H44N3/c1-3-4-5-6-7-8-9-10-11-12-13-14-15-16-21-23(2)19-20-24(21)18-17-22/h3-20,22H2,1-2H3/q+1. The maximum absolute atomic E-state index is 5.72. The maximum Gasteiger partial charge on any atom is 0.246 e. The van der Waals surface area contributed by atoms with Gasteiger partial charge < -0.3 is 5.73 Å². The third-order valence-electron chi connectivity index (χ3n) is 5.41. The quantitative estimate of drug-likeness (QED) is 0.324. The molecule has 0 aromatic carbocycles. The van der Waals surface area contributed by atoms with E-state index in [1.807, 2.05) is 0 Å². The van der Waals surface area contributed by atoms with E-state index < -0.39 is 0 Å². The minimum absolute atomic E-state index is 0.774. The summed E-state index contributed by atoms with van der Waals surface area (Å²) in [4.78, 5) is 2.49. The highest BCUT2D eigenvalue weighted by Crippen LogP contribution is 2.14. The lowest BCUT2D eigenvalue weighted by Crippen LogP contribution is -2.33. The van der Waals surface area contributed by atoms with Crippen LogP contribution >= 0.6 is 0 Å². The van der Waals surface area contributed by atoms with E-state index in [0.717, 1.165) is 13.1 Å². The molecule has 0 aliphatic carbocycles. The average molecular weight is 339 g/mol. The molecule has 24 heavy (non-hydrogen) atoms. The van der Waals surface area contributed by atoms with E-state index in [4.69, 9.17) is 5.73 Å². The number of likely N-dealkylation sites (N-methyl/N-ethyl adjacent to an activating group) is 1. The van der Waals surface area contributed by atoms with Crippen molar-refractivity contribution in [3.8, 4) is 0 Å². The van der Waals surface area contributed by atoms with Crippen molar-refractivity contribution in [2.75, 3.05) is 33.2 Å². The summed E-state index contributed by atoms with van der Waals surface area (Å²) in [6.07, 6.45) is 19.8. The van der Waals surface area contributed by atoms with Crippen molar-refractivity contribution >= 4 is 5.84 Å². The summed E-state index contributed by atoms with van der Waals surface area (Å²) in [5.74, 6) is 1.53. The molecule has 0 saturated heterocycles. The zero-order valence-corrected chi connectivity index (χ0v) is 16.7. The molecule has 0 aromatic rings. The zero-order valence-electron chi connectivity index (χ0n) is 16.7. The van der Waals surface area contributed by atoms with Crippen molar-refractivity contribution in [2.24, 2.45) is 5.73 Å². The first-order valence-electron chi connectivity index (χ1n) is 10.8.